The molecule has 0 aliphatic carbocycles. The molecule has 0 amide bonds. The van der Waals surface area contributed by atoms with Gasteiger partial charge in [-0.05, 0) is 0 Å². The Morgan fingerprint density at radius 1 is 1.00 bits per heavy atom. The second-order valence-corrected chi connectivity index (χ2v) is 3.40. The summed E-state index contributed by atoms with van der Waals surface area (Å²) in [7, 11) is -10.8. The predicted molar refractivity (Wildman–Crippen MR) is 54.4 cm³/mol. The maximum atomic E-state index is 9.85. The van der Waals surface area contributed by atoms with Crippen LogP contribution in [0.15, 0.2) is 12.7 Å². The number of ether oxygens (including phenoxy) is 1. The summed E-state index contributed by atoms with van der Waals surface area (Å²) >= 11 is 0. The van der Waals surface area contributed by atoms with Gasteiger partial charge in [0.1, 0.15) is 0 Å². The largest absolute Gasteiger partial charge is 2.00 e. The molecular formula is C4H3Ca3NO10P2. The van der Waals surface area contributed by atoms with Gasteiger partial charge in [-0.25, -0.2) is 4.79 Å². The van der Waals surface area contributed by atoms with E-state index in [1.165, 1.54) is 6.26 Å². The van der Waals surface area contributed by atoms with E-state index in [-0.39, 0.29) is 113 Å². The van der Waals surface area contributed by atoms with Gasteiger partial charge in [0.25, 0.3) is 6.26 Å². The Hall–Kier alpha value is 2.70. The van der Waals surface area contributed by atoms with Crippen LogP contribution in [0.3, 0.4) is 0 Å². The first-order valence-corrected chi connectivity index (χ1v) is 5.91. The summed E-state index contributed by atoms with van der Waals surface area (Å²) < 4.78 is 20.8. The van der Waals surface area contributed by atoms with Gasteiger partial charge in [-0.1, -0.05) is 6.58 Å². The summed E-state index contributed by atoms with van der Waals surface area (Å²) in [6, 6.07) is 0. The van der Waals surface area contributed by atoms with Crippen molar-refractivity contribution >= 4 is 135 Å². The van der Waals surface area contributed by atoms with Gasteiger partial charge in [-0.3, -0.25) is 0 Å². The third kappa shape index (κ3) is 136. The number of nitrogens with zero attached hydrogens (tertiary/aromatic N) is 1. The van der Waals surface area contributed by atoms with Crippen molar-refractivity contribution in [1.29, 1.82) is 5.26 Å². The van der Waals surface area contributed by atoms with Crippen molar-refractivity contribution in [2.75, 3.05) is 0 Å². The van der Waals surface area contributed by atoms with Gasteiger partial charge >= 0.3 is 119 Å². The first kappa shape index (κ1) is 38.3. The van der Waals surface area contributed by atoms with Crippen LogP contribution in [0.5, 0.6) is 0 Å². The summed E-state index contributed by atoms with van der Waals surface area (Å²) in [5.74, 6) is -0.720. The van der Waals surface area contributed by atoms with Crippen molar-refractivity contribution in [3.8, 4) is 6.26 Å². The van der Waals surface area contributed by atoms with E-state index in [0.29, 0.717) is 0 Å². The zero-order chi connectivity index (χ0) is 14.7. The van der Waals surface area contributed by atoms with Crippen molar-refractivity contribution in [2.24, 2.45) is 0 Å². The Morgan fingerprint density at radius 3 is 1.25 bits per heavy atom. The number of hydrogen-bond donors (Lipinski definition) is 0. The molecule has 0 atom stereocenters. The van der Waals surface area contributed by atoms with Crippen LogP contribution in [0, 0.1) is 11.5 Å². The topological polar surface area (TPSA) is 223 Å². The molecule has 0 aromatic heterocycles. The van der Waals surface area contributed by atoms with Crippen LogP contribution in [-0.4, -0.2) is 119 Å². The van der Waals surface area contributed by atoms with Crippen LogP contribution in [0.1, 0.15) is 0 Å². The fourth-order valence-corrected chi connectivity index (χ4v) is 0.0867. The van der Waals surface area contributed by atoms with Gasteiger partial charge in [-0.15, -0.1) is 5.26 Å². The summed E-state index contributed by atoms with van der Waals surface area (Å²) in [4.78, 5) is 61.1. The van der Waals surface area contributed by atoms with Crippen LogP contribution >= 0.6 is 15.6 Å². The monoisotopic (exact) mass is 407 g/mol. The molecule has 16 heteroatoms. The number of carbonyl (C=O) groups excluding carboxylic acids is 1. The summed E-state index contributed by atoms with van der Waals surface area (Å²) in [6.45, 7) is 3.05. The van der Waals surface area contributed by atoms with Gasteiger partial charge in [0.2, 0.25) is 0 Å². The Morgan fingerprint density at radius 2 is 1.20 bits per heavy atom. The van der Waals surface area contributed by atoms with Gasteiger partial charge < -0.3 is 43.2 Å². The molecule has 0 aliphatic heterocycles. The average Bonchev–Trinajstić information content (AvgIpc) is 1.98. The smallest absolute Gasteiger partial charge is 0.822 e. The van der Waals surface area contributed by atoms with Crippen LogP contribution in [0.2, 0.25) is 0 Å². The second-order valence-electron chi connectivity index (χ2n) is 1.61. The van der Waals surface area contributed by atoms with Crippen molar-refractivity contribution in [2.45, 2.75) is 0 Å². The van der Waals surface area contributed by atoms with Gasteiger partial charge in [-0.2, -0.15) is 15.6 Å². The number of phosphoric acid groups is 2. The summed E-state index contributed by atoms with van der Waals surface area (Å²) in [6.07, 6.45) is 2.12. The van der Waals surface area contributed by atoms with Crippen LogP contribution in [0.4, 0.5) is 0 Å². The standard InChI is InChI=1S/C4H3NO2.3Ca.2H3O4P/c1-2-4(6)7-3-5;;;;2*1-5(2,3)4/h2H,1H2;;;;2*(H3,1,2,3,4)/q;3*+2;;/p-6. The molecule has 20 heavy (non-hydrogen) atoms. The molecular weight excluding hydrogens is 404 g/mol. The Labute approximate surface area is 203 Å². The third-order valence-electron chi connectivity index (χ3n) is 0.313. The summed E-state index contributed by atoms with van der Waals surface area (Å²) in [5.41, 5.74) is 0. The van der Waals surface area contributed by atoms with E-state index in [1.54, 1.807) is 0 Å². The van der Waals surface area contributed by atoms with E-state index in [4.69, 9.17) is 43.8 Å². The normalized spacial score (nSPS) is 8.05. The molecule has 11 nitrogen and oxygen atoms in total. The van der Waals surface area contributed by atoms with Crippen molar-refractivity contribution in [1.82, 2.24) is 0 Å². The number of hydrogen-bond acceptors (Lipinski definition) is 11. The predicted octanol–water partition coefficient (Wildman–Crippen LogP) is -6.59. The number of nitriles is 1. The zero-order valence-electron chi connectivity index (χ0n) is 9.83. The molecule has 0 aliphatic rings. The maximum Gasteiger partial charge on any atom is 2.00 e. The van der Waals surface area contributed by atoms with E-state index < -0.39 is 21.6 Å². The number of rotatable bonds is 1. The van der Waals surface area contributed by atoms with Crippen LogP contribution in [0.25, 0.3) is 0 Å². The fourth-order valence-electron chi connectivity index (χ4n) is 0.0867. The Bertz CT molecular complexity index is 335. The van der Waals surface area contributed by atoms with Gasteiger partial charge in [0.15, 0.2) is 0 Å². The molecule has 0 aromatic rings. The quantitative estimate of drug-likeness (QED) is 0.131. The molecule has 0 N–H and O–H groups in total. The zero-order valence-corrected chi connectivity index (χ0v) is 18.2. The molecule has 0 aromatic carbocycles. The third-order valence-corrected chi connectivity index (χ3v) is 0.313. The molecule has 0 spiro atoms. The van der Waals surface area contributed by atoms with E-state index in [2.05, 4.69) is 11.3 Å². The van der Waals surface area contributed by atoms with Crippen molar-refractivity contribution in [3.05, 3.63) is 12.7 Å². The molecule has 0 bridgehead atoms. The van der Waals surface area contributed by atoms with Gasteiger partial charge in [0.05, 0.1) is 0 Å². The molecule has 0 rings (SSSR count). The second kappa shape index (κ2) is 21.7. The van der Waals surface area contributed by atoms with Gasteiger partial charge in [0, 0.05) is 6.08 Å². The first-order chi connectivity index (χ1) is 7.31. The Kier molecular flexibility index (Phi) is 41.6. The molecule has 0 fully saturated rings. The minimum atomic E-state index is -5.39. The van der Waals surface area contributed by atoms with Crippen molar-refractivity contribution in [3.63, 3.8) is 0 Å². The SMILES string of the molecule is C=CC(=O)OC#N.O=P([O-])([O-])[O-].O=P([O-])([O-])[O-].[Ca+2].[Ca+2].[Ca+2]. The molecule has 0 unspecified atom stereocenters. The summed E-state index contributed by atoms with van der Waals surface area (Å²) in [5, 5.41) is 7.63. The molecule has 0 saturated heterocycles. The van der Waals surface area contributed by atoms with Crippen LogP contribution in [-0.2, 0) is 18.7 Å². The minimum absolute atomic E-state index is 0. The van der Waals surface area contributed by atoms with Crippen LogP contribution < -0.4 is 29.4 Å². The maximum absolute atomic E-state index is 9.85. The van der Waals surface area contributed by atoms with E-state index in [9.17, 15) is 4.79 Å². The minimum Gasteiger partial charge on any atom is -0.822 e. The molecule has 0 radical (unpaired) electrons. The molecule has 0 heterocycles. The van der Waals surface area contributed by atoms with E-state index >= 15 is 0 Å². The Balaban J connectivity index is -0.0000000348. The van der Waals surface area contributed by atoms with Crippen molar-refractivity contribution < 1.29 is 48.0 Å². The molecule has 0 saturated carbocycles. The fraction of sp³-hybridized carbons (Fsp3) is 0. The average molecular weight is 407 g/mol. The van der Waals surface area contributed by atoms with E-state index in [1.807, 2.05) is 0 Å². The number of esters is 1. The number of carbonyl (C=O) groups is 1. The molecule has 100 valence electrons. The van der Waals surface area contributed by atoms with E-state index in [0.717, 1.165) is 6.08 Å². The first-order valence-electron chi connectivity index (χ1n) is 2.99.